The van der Waals surface area contributed by atoms with Gasteiger partial charge in [0.25, 0.3) is 5.91 Å². The van der Waals surface area contributed by atoms with Gasteiger partial charge < -0.3 is 10.4 Å². The normalized spacial score (nSPS) is 17.2. The number of hydrogen-bond donors (Lipinski definition) is 2. The minimum atomic E-state index is -3.34. The predicted molar refractivity (Wildman–Crippen MR) is 64.5 cm³/mol. The summed E-state index contributed by atoms with van der Waals surface area (Å²) in [5, 5.41) is 12.8. The van der Waals surface area contributed by atoms with Crippen molar-refractivity contribution in [2.24, 2.45) is 0 Å². The molecule has 1 aromatic rings. The van der Waals surface area contributed by atoms with Crippen molar-refractivity contribution in [3.63, 3.8) is 0 Å². The monoisotopic (exact) mass is 289 g/mol. The summed E-state index contributed by atoms with van der Waals surface area (Å²) in [7, 11) is -3.34. The van der Waals surface area contributed by atoms with E-state index in [0.717, 1.165) is 17.6 Å². The maximum absolute atomic E-state index is 11.8. The van der Waals surface area contributed by atoms with E-state index in [1.54, 1.807) is 0 Å². The van der Waals surface area contributed by atoms with Gasteiger partial charge in [0.1, 0.15) is 9.75 Å². The largest absolute Gasteiger partial charge is 0.480 e. The van der Waals surface area contributed by atoms with Gasteiger partial charge in [0.2, 0.25) is 0 Å². The van der Waals surface area contributed by atoms with E-state index in [0.29, 0.717) is 12.8 Å². The molecule has 0 aromatic carbocycles. The van der Waals surface area contributed by atoms with Crippen LogP contribution in [0.2, 0.25) is 0 Å². The fourth-order valence-electron chi connectivity index (χ4n) is 1.44. The lowest BCUT2D eigenvalue weighted by Gasteiger charge is -2.11. The van der Waals surface area contributed by atoms with Gasteiger partial charge in [-0.25, -0.2) is 13.2 Å². The minimum Gasteiger partial charge on any atom is -0.480 e. The van der Waals surface area contributed by atoms with Crippen molar-refractivity contribution in [3.05, 3.63) is 17.0 Å². The number of carboxylic acid groups (broad SMARTS) is 1. The van der Waals surface area contributed by atoms with Gasteiger partial charge in [-0.1, -0.05) is 0 Å². The van der Waals surface area contributed by atoms with Crippen molar-refractivity contribution in [2.45, 2.75) is 22.6 Å². The highest BCUT2D eigenvalue weighted by Crippen LogP contribution is 2.36. The second-order valence-electron chi connectivity index (χ2n) is 4.27. The van der Waals surface area contributed by atoms with E-state index < -0.39 is 27.3 Å². The molecular weight excluding hydrogens is 278 g/mol. The molecule has 1 amide bonds. The summed E-state index contributed by atoms with van der Waals surface area (Å²) < 4.78 is 22.6. The number of carboxylic acids is 1. The summed E-state index contributed by atoms with van der Waals surface area (Å²) in [4.78, 5) is 22.7. The third-order valence-corrected chi connectivity index (χ3v) is 5.48. The summed E-state index contributed by atoms with van der Waals surface area (Å²) in [5.41, 5.74) is -0.988. The van der Waals surface area contributed by atoms with Crippen molar-refractivity contribution in [3.8, 4) is 0 Å². The summed E-state index contributed by atoms with van der Waals surface area (Å²) in [6, 6.07) is 1.26. The number of carbonyl (C=O) groups is 2. The Bertz CT molecular complexity index is 612. The van der Waals surface area contributed by atoms with E-state index in [9.17, 15) is 18.0 Å². The van der Waals surface area contributed by atoms with E-state index in [2.05, 4.69) is 5.32 Å². The van der Waals surface area contributed by atoms with Crippen LogP contribution in [-0.4, -0.2) is 37.2 Å². The second kappa shape index (κ2) is 4.06. The molecule has 0 aliphatic heterocycles. The molecule has 8 heteroatoms. The van der Waals surface area contributed by atoms with Crippen LogP contribution in [0.15, 0.2) is 15.7 Å². The first-order valence-electron chi connectivity index (χ1n) is 5.09. The number of sulfone groups is 1. The molecule has 18 heavy (non-hydrogen) atoms. The van der Waals surface area contributed by atoms with Crippen molar-refractivity contribution in [2.75, 3.05) is 6.26 Å². The number of thiophene rings is 1. The first kappa shape index (κ1) is 13.0. The molecule has 1 fully saturated rings. The van der Waals surface area contributed by atoms with Gasteiger partial charge in [-0.05, 0) is 18.9 Å². The Balaban J connectivity index is 2.16. The zero-order chi connectivity index (χ0) is 13.6. The summed E-state index contributed by atoms with van der Waals surface area (Å²) in [6.45, 7) is 0. The lowest BCUT2D eigenvalue weighted by atomic mass is 10.2. The molecule has 0 saturated heterocycles. The molecule has 2 N–H and O–H groups in total. The van der Waals surface area contributed by atoms with Gasteiger partial charge in [-0.15, -0.1) is 11.3 Å². The van der Waals surface area contributed by atoms with Crippen LogP contribution in [0, 0.1) is 0 Å². The number of hydrogen-bond acceptors (Lipinski definition) is 5. The zero-order valence-electron chi connectivity index (χ0n) is 9.47. The van der Waals surface area contributed by atoms with Crippen molar-refractivity contribution < 1.29 is 23.1 Å². The van der Waals surface area contributed by atoms with E-state index in [1.165, 1.54) is 11.4 Å². The highest BCUT2D eigenvalue weighted by atomic mass is 32.2. The summed E-state index contributed by atoms with van der Waals surface area (Å²) >= 11 is 0.943. The molecular formula is C10H11NO5S2. The lowest BCUT2D eigenvalue weighted by Crippen LogP contribution is -2.42. The SMILES string of the molecule is CS(=O)(=O)c1cc(C(=O)NC2(C(=O)O)CC2)cs1. The summed E-state index contributed by atoms with van der Waals surface area (Å²) in [5.74, 6) is -1.62. The maximum Gasteiger partial charge on any atom is 0.329 e. The molecule has 0 atom stereocenters. The second-order valence-corrected chi connectivity index (χ2v) is 7.42. The Morgan fingerprint density at radius 3 is 2.44 bits per heavy atom. The average molecular weight is 289 g/mol. The van der Waals surface area contributed by atoms with Gasteiger partial charge in [-0.3, -0.25) is 4.79 Å². The average Bonchev–Trinajstić information content (AvgIpc) is 2.85. The van der Waals surface area contributed by atoms with Crippen LogP contribution in [0.25, 0.3) is 0 Å². The number of nitrogens with one attached hydrogen (secondary N) is 1. The van der Waals surface area contributed by atoms with Crippen LogP contribution < -0.4 is 5.32 Å². The molecule has 0 unspecified atom stereocenters. The Hall–Kier alpha value is -1.41. The molecule has 0 radical (unpaired) electrons. The quantitative estimate of drug-likeness (QED) is 0.840. The van der Waals surface area contributed by atoms with Gasteiger partial charge in [0, 0.05) is 11.6 Å². The van der Waals surface area contributed by atoms with E-state index >= 15 is 0 Å². The van der Waals surface area contributed by atoms with Crippen LogP contribution in [0.3, 0.4) is 0 Å². The number of rotatable bonds is 4. The van der Waals surface area contributed by atoms with E-state index in [1.807, 2.05) is 0 Å². The zero-order valence-corrected chi connectivity index (χ0v) is 11.1. The Morgan fingerprint density at radius 1 is 1.44 bits per heavy atom. The molecule has 0 bridgehead atoms. The standard InChI is InChI=1S/C10H11NO5S2/c1-18(15,16)7-4-6(5-17-7)8(12)11-10(2-3-10)9(13)14/h4-5H,2-3H2,1H3,(H,11,12)(H,13,14). The third kappa shape index (κ3) is 2.39. The molecule has 1 aromatic heterocycles. The Kier molecular flexibility index (Phi) is 2.94. The highest BCUT2D eigenvalue weighted by molar-refractivity contribution is 7.92. The van der Waals surface area contributed by atoms with Crippen LogP contribution in [-0.2, 0) is 14.6 Å². The first-order chi connectivity index (χ1) is 8.24. The number of carbonyl (C=O) groups excluding carboxylic acids is 1. The molecule has 2 rings (SSSR count). The molecule has 1 aliphatic rings. The van der Waals surface area contributed by atoms with E-state index in [-0.39, 0.29) is 9.77 Å². The smallest absolute Gasteiger partial charge is 0.329 e. The number of aliphatic carboxylic acids is 1. The van der Waals surface area contributed by atoms with Crippen LogP contribution in [0.1, 0.15) is 23.2 Å². The fraction of sp³-hybridized carbons (Fsp3) is 0.400. The van der Waals surface area contributed by atoms with Crippen LogP contribution in [0.5, 0.6) is 0 Å². The fourth-order valence-corrected chi connectivity index (χ4v) is 3.23. The van der Waals surface area contributed by atoms with Crippen molar-refractivity contribution >= 4 is 33.1 Å². The number of amides is 1. The minimum absolute atomic E-state index is 0.0906. The van der Waals surface area contributed by atoms with Crippen LogP contribution in [0.4, 0.5) is 0 Å². The van der Waals surface area contributed by atoms with Gasteiger partial charge in [0.05, 0.1) is 5.56 Å². The van der Waals surface area contributed by atoms with Gasteiger partial charge in [-0.2, -0.15) is 0 Å². The van der Waals surface area contributed by atoms with Gasteiger partial charge in [0.15, 0.2) is 9.84 Å². The predicted octanol–water partition coefficient (Wildman–Crippen LogP) is 0.499. The van der Waals surface area contributed by atoms with Crippen molar-refractivity contribution in [1.82, 2.24) is 5.32 Å². The molecule has 6 nitrogen and oxygen atoms in total. The van der Waals surface area contributed by atoms with Crippen molar-refractivity contribution in [1.29, 1.82) is 0 Å². The van der Waals surface area contributed by atoms with Crippen LogP contribution >= 0.6 is 11.3 Å². The highest BCUT2D eigenvalue weighted by Gasteiger charge is 2.51. The molecule has 1 saturated carbocycles. The Morgan fingerprint density at radius 2 is 2.06 bits per heavy atom. The first-order valence-corrected chi connectivity index (χ1v) is 7.86. The maximum atomic E-state index is 11.8. The third-order valence-electron chi connectivity index (χ3n) is 2.72. The summed E-state index contributed by atoms with van der Waals surface area (Å²) in [6.07, 6.45) is 1.86. The topological polar surface area (TPSA) is 101 Å². The molecule has 0 spiro atoms. The lowest BCUT2D eigenvalue weighted by molar-refractivity contribution is -0.140. The molecule has 1 heterocycles. The van der Waals surface area contributed by atoms with Gasteiger partial charge >= 0.3 is 5.97 Å². The molecule has 1 aliphatic carbocycles. The van der Waals surface area contributed by atoms with E-state index in [4.69, 9.17) is 5.11 Å². The molecule has 98 valence electrons. The Labute approximate surface area is 108 Å².